The Kier molecular flexibility index (Phi) is 3.66. The van der Waals surface area contributed by atoms with Crippen molar-refractivity contribution >= 4 is 11.0 Å². The first-order valence-electron chi connectivity index (χ1n) is 6.92. The van der Waals surface area contributed by atoms with E-state index in [9.17, 15) is 14.7 Å². The first-order valence-corrected chi connectivity index (χ1v) is 6.92. The van der Waals surface area contributed by atoms with E-state index in [1.54, 1.807) is 6.20 Å². The number of H-pyrrole nitrogens is 3. The van der Waals surface area contributed by atoms with E-state index in [2.05, 4.69) is 19.9 Å². The minimum atomic E-state index is -0.523. The van der Waals surface area contributed by atoms with Crippen LogP contribution in [0.1, 0.15) is 5.56 Å². The SMILES string of the molecule is O=c1[nH]c(=O)c2[nH]cc(CCN3C[C@@H](CO)[C@@H](O)C3)c2[nH]1. The highest BCUT2D eigenvalue weighted by Crippen LogP contribution is 2.18. The summed E-state index contributed by atoms with van der Waals surface area (Å²) >= 11 is 0. The molecule has 2 aromatic heterocycles. The lowest BCUT2D eigenvalue weighted by Crippen LogP contribution is -2.25. The smallest absolute Gasteiger partial charge is 0.326 e. The van der Waals surface area contributed by atoms with Crippen LogP contribution in [0.15, 0.2) is 15.8 Å². The zero-order chi connectivity index (χ0) is 15.0. The highest BCUT2D eigenvalue weighted by molar-refractivity contribution is 5.77. The van der Waals surface area contributed by atoms with Crippen LogP contribution in [0.4, 0.5) is 0 Å². The number of hydrogen-bond acceptors (Lipinski definition) is 5. The van der Waals surface area contributed by atoms with Crippen molar-refractivity contribution in [1.82, 2.24) is 19.9 Å². The van der Waals surface area contributed by atoms with E-state index in [1.807, 2.05) is 0 Å². The Morgan fingerprint density at radius 3 is 2.76 bits per heavy atom. The van der Waals surface area contributed by atoms with Gasteiger partial charge in [-0.05, 0) is 12.0 Å². The third-order valence-electron chi connectivity index (χ3n) is 4.07. The molecule has 8 nitrogen and oxygen atoms in total. The maximum atomic E-state index is 11.6. The lowest BCUT2D eigenvalue weighted by molar-refractivity contribution is 0.103. The number of aliphatic hydroxyl groups excluding tert-OH is 2. The van der Waals surface area contributed by atoms with Crippen molar-refractivity contribution in [3.8, 4) is 0 Å². The molecule has 0 unspecified atom stereocenters. The zero-order valence-electron chi connectivity index (χ0n) is 11.4. The number of aromatic nitrogens is 3. The van der Waals surface area contributed by atoms with Gasteiger partial charge in [-0.15, -0.1) is 0 Å². The number of β-amino-alcohol motifs (C(OH)–C–C–N with tert-alkyl or cyclic N) is 1. The van der Waals surface area contributed by atoms with Crippen molar-refractivity contribution in [2.45, 2.75) is 12.5 Å². The fraction of sp³-hybridized carbons (Fsp3) is 0.538. The van der Waals surface area contributed by atoms with Gasteiger partial charge >= 0.3 is 5.69 Å². The van der Waals surface area contributed by atoms with Crippen LogP contribution < -0.4 is 11.2 Å². The van der Waals surface area contributed by atoms with E-state index in [1.165, 1.54) is 0 Å². The molecule has 0 spiro atoms. The number of nitrogens with one attached hydrogen (secondary N) is 3. The molecule has 3 rings (SSSR count). The average molecular weight is 294 g/mol. The Hall–Kier alpha value is -1.90. The molecule has 0 aromatic carbocycles. The first kappa shape index (κ1) is 14.1. The van der Waals surface area contributed by atoms with E-state index in [-0.39, 0.29) is 12.5 Å². The number of aliphatic hydroxyl groups is 2. The molecule has 2 aromatic rings. The van der Waals surface area contributed by atoms with Crippen LogP contribution in [-0.2, 0) is 6.42 Å². The van der Waals surface area contributed by atoms with Gasteiger partial charge in [0.1, 0.15) is 5.52 Å². The van der Waals surface area contributed by atoms with Crippen LogP contribution in [0.5, 0.6) is 0 Å². The van der Waals surface area contributed by atoms with Gasteiger partial charge in [0.25, 0.3) is 5.56 Å². The highest BCUT2D eigenvalue weighted by atomic mass is 16.3. The molecule has 0 saturated carbocycles. The Balaban J connectivity index is 1.75. The molecule has 3 heterocycles. The van der Waals surface area contributed by atoms with Gasteiger partial charge in [0.05, 0.1) is 11.6 Å². The number of likely N-dealkylation sites (tertiary alicyclic amines) is 1. The number of aromatic amines is 3. The molecule has 0 radical (unpaired) electrons. The van der Waals surface area contributed by atoms with Gasteiger partial charge in [-0.2, -0.15) is 0 Å². The second-order valence-corrected chi connectivity index (χ2v) is 5.49. The predicted molar refractivity (Wildman–Crippen MR) is 76.3 cm³/mol. The lowest BCUT2D eigenvalue weighted by Gasteiger charge is -2.14. The summed E-state index contributed by atoms with van der Waals surface area (Å²) in [6.45, 7) is 1.85. The molecule has 0 bridgehead atoms. The molecule has 0 amide bonds. The van der Waals surface area contributed by atoms with Gasteiger partial charge in [0, 0.05) is 38.4 Å². The van der Waals surface area contributed by atoms with Gasteiger partial charge in [-0.3, -0.25) is 14.7 Å². The van der Waals surface area contributed by atoms with Crippen LogP contribution in [0.2, 0.25) is 0 Å². The van der Waals surface area contributed by atoms with Crippen LogP contribution in [0.25, 0.3) is 11.0 Å². The molecule has 0 aliphatic carbocycles. The molecule has 114 valence electrons. The topological polar surface area (TPSA) is 125 Å². The Morgan fingerprint density at radius 2 is 2.05 bits per heavy atom. The summed E-state index contributed by atoms with van der Waals surface area (Å²) in [6, 6.07) is 0. The van der Waals surface area contributed by atoms with Crippen LogP contribution in [0, 0.1) is 5.92 Å². The van der Waals surface area contributed by atoms with Gasteiger partial charge in [0.15, 0.2) is 0 Å². The maximum absolute atomic E-state index is 11.6. The Bertz CT molecular complexity index is 746. The lowest BCUT2D eigenvalue weighted by atomic mass is 10.1. The maximum Gasteiger partial charge on any atom is 0.326 e. The molecular formula is C13H18N4O4. The average Bonchev–Trinajstić information content (AvgIpc) is 3.00. The second kappa shape index (κ2) is 5.47. The summed E-state index contributed by atoms with van der Waals surface area (Å²) in [6.07, 6.45) is 1.86. The fourth-order valence-corrected chi connectivity index (χ4v) is 2.88. The summed E-state index contributed by atoms with van der Waals surface area (Å²) in [5, 5.41) is 18.9. The second-order valence-electron chi connectivity index (χ2n) is 5.49. The third-order valence-corrected chi connectivity index (χ3v) is 4.07. The van der Waals surface area contributed by atoms with E-state index in [0.29, 0.717) is 37.1 Å². The molecule has 8 heteroatoms. The normalized spacial score (nSPS) is 23.1. The largest absolute Gasteiger partial charge is 0.396 e. The fourth-order valence-electron chi connectivity index (χ4n) is 2.88. The molecule has 1 aliphatic rings. The van der Waals surface area contributed by atoms with Gasteiger partial charge in [-0.25, -0.2) is 4.79 Å². The summed E-state index contributed by atoms with van der Waals surface area (Å²) < 4.78 is 0. The first-order chi connectivity index (χ1) is 10.1. The van der Waals surface area contributed by atoms with E-state index in [4.69, 9.17) is 5.11 Å². The zero-order valence-corrected chi connectivity index (χ0v) is 11.4. The molecule has 2 atom stereocenters. The van der Waals surface area contributed by atoms with E-state index < -0.39 is 17.4 Å². The molecule has 1 saturated heterocycles. The van der Waals surface area contributed by atoms with Crippen molar-refractivity contribution in [3.63, 3.8) is 0 Å². The Morgan fingerprint density at radius 1 is 1.24 bits per heavy atom. The minimum absolute atomic E-state index is 0.0204. The number of rotatable bonds is 4. The number of hydrogen-bond donors (Lipinski definition) is 5. The van der Waals surface area contributed by atoms with E-state index >= 15 is 0 Å². The molecule has 5 N–H and O–H groups in total. The summed E-state index contributed by atoms with van der Waals surface area (Å²) in [4.78, 5) is 32.7. The number of nitrogens with zero attached hydrogens (tertiary/aromatic N) is 1. The number of fused-ring (bicyclic) bond motifs is 1. The molecular weight excluding hydrogens is 276 g/mol. The standard InChI is InChI=1S/C13H18N4O4/c18-6-8-4-17(5-9(8)19)2-1-7-3-14-11-10(7)15-13(21)16-12(11)20/h3,8-9,14,18-19H,1-2,4-6H2,(H2,15,16,20,21)/t8-,9-/m0/s1. The molecule has 21 heavy (non-hydrogen) atoms. The van der Waals surface area contributed by atoms with E-state index in [0.717, 1.165) is 5.56 Å². The van der Waals surface area contributed by atoms with Gasteiger partial charge in [-0.1, -0.05) is 0 Å². The van der Waals surface area contributed by atoms with Gasteiger partial charge < -0.3 is 20.2 Å². The Labute approximate surface area is 119 Å². The van der Waals surface area contributed by atoms with Crippen molar-refractivity contribution in [1.29, 1.82) is 0 Å². The predicted octanol–water partition coefficient (Wildman–Crippen LogP) is -1.63. The van der Waals surface area contributed by atoms with Gasteiger partial charge in [0.2, 0.25) is 0 Å². The molecule has 1 fully saturated rings. The highest BCUT2D eigenvalue weighted by Gasteiger charge is 2.30. The summed E-state index contributed by atoms with van der Waals surface area (Å²) in [5.41, 5.74) is 0.791. The quantitative estimate of drug-likeness (QED) is 0.463. The summed E-state index contributed by atoms with van der Waals surface area (Å²) in [7, 11) is 0. The van der Waals surface area contributed by atoms with Crippen molar-refractivity contribution in [2.75, 3.05) is 26.2 Å². The van der Waals surface area contributed by atoms with Crippen LogP contribution >= 0.6 is 0 Å². The van der Waals surface area contributed by atoms with Crippen molar-refractivity contribution in [3.05, 3.63) is 32.6 Å². The summed E-state index contributed by atoms with van der Waals surface area (Å²) in [5.74, 6) is -0.101. The molecule has 1 aliphatic heterocycles. The third kappa shape index (κ3) is 2.65. The van der Waals surface area contributed by atoms with Crippen molar-refractivity contribution < 1.29 is 10.2 Å². The van der Waals surface area contributed by atoms with Crippen LogP contribution in [0.3, 0.4) is 0 Å². The van der Waals surface area contributed by atoms with Crippen LogP contribution in [-0.4, -0.2) is 62.4 Å². The van der Waals surface area contributed by atoms with Crippen molar-refractivity contribution in [2.24, 2.45) is 5.92 Å². The minimum Gasteiger partial charge on any atom is -0.396 e. The monoisotopic (exact) mass is 294 g/mol.